The molecule has 5 rings (SSSR count). The standard InChI is InChI=1S/C22H23ClN6/c1-13(2)29-10-9-18-17(12-29)19(15-7-4-8-16(23)11-15)20(22-25-27-28-26-22)21(24-18)14-5-3-6-14/h4,7-8,11,14H,1,3,5-6,9-10,12H2,2H3,(H,25,26,27,28). The fourth-order valence-electron chi connectivity index (χ4n) is 4.35. The molecule has 1 aliphatic carbocycles. The van der Waals surface area contributed by atoms with Crippen molar-refractivity contribution in [3.63, 3.8) is 0 Å². The number of rotatable bonds is 4. The summed E-state index contributed by atoms with van der Waals surface area (Å²) in [6, 6.07) is 8.03. The van der Waals surface area contributed by atoms with Gasteiger partial charge in [-0.1, -0.05) is 36.7 Å². The summed E-state index contributed by atoms with van der Waals surface area (Å²) in [6.45, 7) is 7.93. The monoisotopic (exact) mass is 406 g/mol. The Morgan fingerprint density at radius 2 is 2.14 bits per heavy atom. The van der Waals surface area contributed by atoms with E-state index in [9.17, 15) is 0 Å². The summed E-state index contributed by atoms with van der Waals surface area (Å²) < 4.78 is 0. The summed E-state index contributed by atoms with van der Waals surface area (Å²) in [7, 11) is 0. The van der Waals surface area contributed by atoms with Crippen LogP contribution in [0, 0.1) is 0 Å². The summed E-state index contributed by atoms with van der Waals surface area (Å²) in [5.41, 5.74) is 7.82. The lowest BCUT2D eigenvalue weighted by molar-refractivity contribution is 0.320. The van der Waals surface area contributed by atoms with Gasteiger partial charge in [-0.2, -0.15) is 0 Å². The Hall–Kier alpha value is -2.73. The molecule has 6 nitrogen and oxygen atoms in total. The molecule has 0 bridgehead atoms. The lowest BCUT2D eigenvalue weighted by atomic mass is 9.78. The van der Waals surface area contributed by atoms with Crippen molar-refractivity contribution in [3.8, 4) is 22.5 Å². The second-order valence-corrected chi connectivity index (χ2v) is 8.40. The van der Waals surface area contributed by atoms with Crippen molar-refractivity contribution >= 4 is 11.6 Å². The summed E-state index contributed by atoms with van der Waals surface area (Å²) in [5.74, 6) is 1.13. The van der Waals surface area contributed by atoms with Crippen LogP contribution >= 0.6 is 11.6 Å². The average Bonchev–Trinajstić information content (AvgIpc) is 3.19. The number of hydrogen-bond acceptors (Lipinski definition) is 5. The highest BCUT2D eigenvalue weighted by Gasteiger charge is 2.32. The number of tetrazole rings is 1. The SMILES string of the molecule is C=C(C)N1CCc2nc(C3CCC3)c(-c3nnn[nH]3)c(-c3cccc(Cl)c3)c2C1. The predicted molar refractivity (Wildman–Crippen MR) is 113 cm³/mol. The number of aromatic nitrogens is 5. The van der Waals surface area contributed by atoms with Gasteiger partial charge in [-0.3, -0.25) is 4.98 Å². The van der Waals surface area contributed by atoms with Crippen molar-refractivity contribution in [3.05, 3.63) is 58.5 Å². The van der Waals surface area contributed by atoms with E-state index in [1.54, 1.807) is 0 Å². The highest BCUT2D eigenvalue weighted by atomic mass is 35.5. The number of benzene rings is 1. The molecule has 1 aliphatic heterocycles. The van der Waals surface area contributed by atoms with Crippen molar-refractivity contribution in [2.75, 3.05) is 6.54 Å². The number of nitrogens with one attached hydrogen (secondary N) is 1. The Balaban J connectivity index is 1.81. The average molecular weight is 407 g/mol. The highest BCUT2D eigenvalue weighted by Crippen LogP contribution is 2.46. The van der Waals surface area contributed by atoms with Crippen LogP contribution < -0.4 is 0 Å². The molecule has 7 heteroatoms. The molecule has 0 unspecified atom stereocenters. The van der Waals surface area contributed by atoms with E-state index in [2.05, 4.69) is 45.1 Å². The maximum absolute atomic E-state index is 6.39. The molecule has 0 spiro atoms. The van der Waals surface area contributed by atoms with Crippen molar-refractivity contribution in [1.29, 1.82) is 0 Å². The van der Waals surface area contributed by atoms with Crippen molar-refractivity contribution < 1.29 is 0 Å². The van der Waals surface area contributed by atoms with Crippen LogP contribution in [0.1, 0.15) is 49.1 Å². The summed E-state index contributed by atoms with van der Waals surface area (Å²) in [6.07, 6.45) is 4.47. The Bertz CT molecular complexity index is 1070. The van der Waals surface area contributed by atoms with Gasteiger partial charge in [-0.15, -0.1) is 5.10 Å². The maximum atomic E-state index is 6.39. The van der Waals surface area contributed by atoms with Crippen molar-refractivity contribution in [2.45, 2.75) is 45.1 Å². The molecule has 1 fully saturated rings. The molecule has 0 atom stereocenters. The van der Waals surface area contributed by atoms with E-state index in [4.69, 9.17) is 16.6 Å². The summed E-state index contributed by atoms with van der Waals surface area (Å²) >= 11 is 6.39. The fourth-order valence-corrected chi connectivity index (χ4v) is 4.54. The maximum Gasteiger partial charge on any atom is 0.181 e. The van der Waals surface area contributed by atoms with E-state index in [1.165, 1.54) is 17.7 Å². The topological polar surface area (TPSA) is 70.6 Å². The zero-order valence-corrected chi connectivity index (χ0v) is 17.2. The lowest BCUT2D eigenvalue weighted by Gasteiger charge is -2.35. The third-order valence-corrected chi connectivity index (χ3v) is 6.34. The molecule has 2 aliphatic rings. The van der Waals surface area contributed by atoms with E-state index in [-0.39, 0.29) is 0 Å². The highest BCUT2D eigenvalue weighted by molar-refractivity contribution is 6.30. The summed E-state index contributed by atoms with van der Waals surface area (Å²) in [5, 5.41) is 15.7. The zero-order chi connectivity index (χ0) is 20.0. The minimum absolute atomic E-state index is 0.456. The number of nitrogens with zero attached hydrogens (tertiary/aromatic N) is 5. The Kier molecular flexibility index (Phi) is 4.59. The van der Waals surface area contributed by atoms with Gasteiger partial charge in [0.15, 0.2) is 5.82 Å². The minimum atomic E-state index is 0.456. The van der Waals surface area contributed by atoms with Crippen LogP contribution in [0.25, 0.3) is 22.5 Å². The number of fused-ring (bicyclic) bond motifs is 1. The smallest absolute Gasteiger partial charge is 0.181 e. The van der Waals surface area contributed by atoms with Gasteiger partial charge in [-0.05, 0) is 47.9 Å². The third-order valence-electron chi connectivity index (χ3n) is 6.11. The Morgan fingerprint density at radius 1 is 1.28 bits per heavy atom. The van der Waals surface area contributed by atoms with E-state index in [1.807, 2.05) is 18.2 Å². The minimum Gasteiger partial charge on any atom is -0.371 e. The predicted octanol–water partition coefficient (Wildman–Crippen LogP) is 4.74. The van der Waals surface area contributed by atoms with Gasteiger partial charge in [0.1, 0.15) is 0 Å². The first-order valence-electron chi connectivity index (χ1n) is 10.1. The van der Waals surface area contributed by atoms with Crippen LogP contribution in [0.15, 0.2) is 36.5 Å². The molecule has 1 aromatic carbocycles. The van der Waals surface area contributed by atoms with Gasteiger partial charge >= 0.3 is 0 Å². The molecular formula is C22H23ClN6. The quantitative estimate of drug-likeness (QED) is 0.677. The van der Waals surface area contributed by atoms with Gasteiger partial charge in [0.2, 0.25) is 0 Å². The molecular weight excluding hydrogens is 384 g/mol. The second kappa shape index (κ2) is 7.26. The number of allylic oxidation sites excluding steroid dienone is 1. The largest absolute Gasteiger partial charge is 0.371 e. The first kappa shape index (κ1) is 18.3. The molecule has 1 N–H and O–H groups in total. The van der Waals surface area contributed by atoms with Crippen LogP contribution in [-0.4, -0.2) is 37.1 Å². The van der Waals surface area contributed by atoms with Crippen LogP contribution in [-0.2, 0) is 13.0 Å². The van der Waals surface area contributed by atoms with Crippen molar-refractivity contribution in [2.24, 2.45) is 0 Å². The molecule has 1 saturated carbocycles. The number of aromatic amines is 1. The molecule has 2 aromatic heterocycles. The Labute approximate surface area is 175 Å². The summed E-state index contributed by atoms with van der Waals surface area (Å²) in [4.78, 5) is 7.50. The number of H-pyrrole nitrogens is 1. The molecule has 148 valence electrons. The molecule has 0 radical (unpaired) electrons. The molecule has 3 aromatic rings. The van der Waals surface area contributed by atoms with Crippen LogP contribution in [0.3, 0.4) is 0 Å². The molecule has 29 heavy (non-hydrogen) atoms. The van der Waals surface area contributed by atoms with Gasteiger partial charge < -0.3 is 4.90 Å². The van der Waals surface area contributed by atoms with Crippen LogP contribution in [0.5, 0.6) is 0 Å². The first-order valence-corrected chi connectivity index (χ1v) is 10.5. The zero-order valence-electron chi connectivity index (χ0n) is 16.5. The van der Waals surface area contributed by atoms with Crippen LogP contribution in [0.2, 0.25) is 5.02 Å². The Morgan fingerprint density at radius 3 is 2.79 bits per heavy atom. The number of halogens is 1. The van der Waals surface area contributed by atoms with Crippen LogP contribution in [0.4, 0.5) is 0 Å². The normalized spacial score (nSPS) is 16.4. The van der Waals surface area contributed by atoms with E-state index in [0.29, 0.717) is 16.8 Å². The van der Waals surface area contributed by atoms with E-state index < -0.39 is 0 Å². The second-order valence-electron chi connectivity index (χ2n) is 7.97. The lowest BCUT2D eigenvalue weighted by Crippen LogP contribution is -2.31. The fraction of sp³-hybridized carbons (Fsp3) is 0.364. The number of hydrogen-bond donors (Lipinski definition) is 1. The first-order chi connectivity index (χ1) is 14.1. The molecule has 3 heterocycles. The van der Waals surface area contributed by atoms with Gasteiger partial charge in [-0.25, -0.2) is 5.10 Å². The van der Waals surface area contributed by atoms with Crippen molar-refractivity contribution in [1.82, 2.24) is 30.5 Å². The van der Waals surface area contributed by atoms with Gasteiger partial charge in [0.25, 0.3) is 0 Å². The number of pyridine rings is 1. The third kappa shape index (κ3) is 3.21. The molecule has 0 amide bonds. The molecule has 0 saturated heterocycles. The van der Waals surface area contributed by atoms with E-state index >= 15 is 0 Å². The van der Waals surface area contributed by atoms with Gasteiger partial charge in [0.05, 0.1) is 11.3 Å². The van der Waals surface area contributed by atoms with Gasteiger partial charge in [0, 0.05) is 53.0 Å². The van der Waals surface area contributed by atoms with E-state index in [0.717, 1.165) is 60.4 Å².